The number of halogens is 1. The fourth-order valence-electron chi connectivity index (χ4n) is 2.62. The van der Waals surface area contributed by atoms with Gasteiger partial charge in [-0.3, -0.25) is 9.59 Å². The van der Waals surface area contributed by atoms with Crippen molar-refractivity contribution in [2.75, 3.05) is 26.0 Å². The van der Waals surface area contributed by atoms with Crippen LogP contribution in [0.4, 0.5) is 5.69 Å². The van der Waals surface area contributed by atoms with Gasteiger partial charge in [0.15, 0.2) is 11.5 Å². The largest absolute Gasteiger partial charge is 0.493 e. The summed E-state index contributed by atoms with van der Waals surface area (Å²) in [6.45, 7) is 5.67. The van der Waals surface area contributed by atoms with Crippen LogP contribution in [0.3, 0.4) is 0 Å². The van der Waals surface area contributed by atoms with Crippen LogP contribution in [0.25, 0.3) is 0 Å². The molecule has 6 nitrogen and oxygen atoms in total. The van der Waals surface area contributed by atoms with Crippen LogP contribution in [-0.4, -0.2) is 43.5 Å². The molecule has 2 aromatic carbocycles. The van der Waals surface area contributed by atoms with Gasteiger partial charge in [0.1, 0.15) is 0 Å². The molecule has 2 aromatic rings. The van der Waals surface area contributed by atoms with E-state index in [-0.39, 0.29) is 24.5 Å². The van der Waals surface area contributed by atoms with E-state index in [9.17, 15) is 9.59 Å². The number of nitrogens with zero attached hydrogens (tertiary/aromatic N) is 1. The van der Waals surface area contributed by atoms with Crippen LogP contribution in [-0.2, 0) is 4.79 Å². The standard InChI is InChI=1S/C21H25BrN2O4/c1-13(2)28-18-9-6-15(11-19(18)27-5)21(26)24(4)12-20(25)23-17-8-7-16(22)10-14(17)3/h6-11,13H,12H2,1-5H3,(H,23,25). The van der Waals surface area contributed by atoms with Gasteiger partial charge in [-0.2, -0.15) is 0 Å². The SMILES string of the molecule is COc1cc(C(=O)N(C)CC(=O)Nc2ccc(Br)cc2C)ccc1OC(C)C. The van der Waals surface area contributed by atoms with Gasteiger partial charge >= 0.3 is 0 Å². The number of amides is 2. The van der Waals surface area contributed by atoms with Crippen molar-refractivity contribution in [3.63, 3.8) is 0 Å². The van der Waals surface area contributed by atoms with Crippen LogP contribution >= 0.6 is 15.9 Å². The first-order chi connectivity index (χ1) is 13.2. The first kappa shape index (κ1) is 21.8. The molecule has 2 rings (SSSR count). The summed E-state index contributed by atoms with van der Waals surface area (Å²) in [7, 11) is 3.11. The van der Waals surface area contributed by atoms with Gasteiger partial charge in [-0.15, -0.1) is 0 Å². The molecule has 0 saturated heterocycles. The lowest BCUT2D eigenvalue weighted by Crippen LogP contribution is -2.35. The predicted octanol–water partition coefficient (Wildman–Crippen LogP) is 4.26. The Balaban J connectivity index is 2.06. The number of carbonyl (C=O) groups is 2. The Kier molecular flexibility index (Phi) is 7.45. The Bertz CT molecular complexity index is 867. The third kappa shape index (κ3) is 5.73. The molecule has 0 aromatic heterocycles. The highest BCUT2D eigenvalue weighted by atomic mass is 79.9. The molecule has 0 unspecified atom stereocenters. The lowest BCUT2D eigenvalue weighted by Gasteiger charge is -2.19. The highest BCUT2D eigenvalue weighted by Gasteiger charge is 2.18. The van der Waals surface area contributed by atoms with Gasteiger partial charge in [0, 0.05) is 22.8 Å². The van der Waals surface area contributed by atoms with Crippen molar-refractivity contribution < 1.29 is 19.1 Å². The molecule has 0 aliphatic rings. The highest BCUT2D eigenvalue weighted by Crippen LogP contribution is 2.29. The second kappa shape index (κ2) is 9.59. The van der Waals surface area contributed by atoms with Crippen LogP contribution < -0.4 is 14.8 Å². The van der Waals surface area contributed by atoms with Gasteiger partial charge in [-0.25, -0.2) is 0 Å². The summed E-state index contributed by atoms with van der Waals surface area (Å²) in [5, 5.41) is 2.83. The maximum absolute atomic E-state index is 12.7. The number of hydrogen-bond acceptors (Lipinski definition) is 4. The number of nitrogens with one attached hydrogen (secondary N) is 1. The zero-order valence-corrected chi connectivity index (χ0v) is 18.3. The molecule has 7 heteroatoms. The number of likely N-dealkylation sites (N-methyl/N-ethyl adjacent to an activating group) is 1. The second-order valence-electron chi connectivity index (χ2n) is 6.70. The predicted molar refractivity (Wildman–Crippen MR) is 113 cm³/mol. The number of benzene rings is 2. The van der Waals surface area contributed by atoms with Crippen molar-refractivity contribution in [1.82, 2.24) is 4.90 Å². The molecule has 2 amide bonds. The van der Waals surface area contributed by atoms with Gasteiger partial charge in [0.05, 0.1) is 19.8 Å². The van der Waals surface area contributed by atoms with Crippen molar-refractivity contribution in [2.24, 2.45) is 0 Å². The first-order valence-corrected chi connectivity index (χ1v) is 9.66. The molecule has 0 fully saturated rings. The Morgan fingerprint density at radius 1 is 1.14 bits per heavy atom. The average Bonchev–Trinajstić information content (AvgIpc) is 2.63. The molecule has 0 aliphatic heterocycles. The van der Waals surface area contributed by atoms with E-state index in [2.05, 4.69) is 21.2 Å². The fourth-order valence-corrected chi connectivity index (χ4v) is 3.09. The van der Waals surface area contributed by atoms with E-state index in [0.29, 0.717) is 22.7 Å². The molecule has 0 atom stereocenters. The molecule has 0 bridgehead atoms. The summed E-state index contributed by atoms with van der Waals surface area (Å²) in [5.41, 5.74) is 2.07. The van der Waals surface area contributed by atoms with E-state index in [0.717, 1.165) is 10.0 Å². The van der Waals surface area contributed by atoms with Gasteiger partial charge in [0.25, 0.3) is 5.91 Å². The number of rotatable bonds is 7. The summed E-state index contributed by atoms with van der Waals surface area (Å²) >= 11 is 3.39. The Morgan fingerprint density at radius 3 is 2.46 bits per heavy atom. The number of anilines is 1. The Hall–Kier alpha value is -2.54. The van der Waals surface area contributed by atoms with Crippen LogP contribution in [0.2, 0.25) is 0 Å². The van der Waals surface area contributed by atoms with E-state index < -0.39 is 0 Å². The Morgan fingerprint density at radius 2 is 1.86 bits per heavy atom. The lowest BCUT2D eigenvalue weighted by atomic mass is 10.1. The molecule has 28 heavy (non-hydrogen) atoms. The quantitative estimate of drug-likeness (QED) is 0.686. The summed E-state index contributed by atoms with van der Waals surface area (Å²) in [5.74, 6) is 0.494. The minimum absolute atomic E-state index is 0.0103. The minimum Gasteiger partial charge on any atom is -0.493 e. The molecule has 0 saturated carbocycles. The zero-order chi connectivity index (χ0) is 20.8. The second-order valence-corrected chi connectivity index (χ2v) is 7.62. The molecule has 0 spiro atoms. The molecule has 1 N–H and O–H groups in total. The van der Waals surface area contributed by atoms with E-state index >= 15 is 0 Å². The molecular weight excluding hydrogens is 424 g/mol. The lowest BCUT2D eigenvalue weighted by molar-refractivity contribution is -0.116. The number of carbonyl (C=O) groups excluding carboxylic acids is 2. The van der Waals surface area contributed by atoms with Gasteiger partial charge < -0.3 is 19.7 Å². The maximum atomic E-state index is 12.7. The first-order valence-electron chi connectivity index (χ1n) is 8.87. The number of methoxy groups -OCH3 is 1. The molecule has 0 heterocycles. The summed E-state index contributed by atoms with van der Waals surface area (Å²) in [4.78, 5) is 26.4. The monoisotopic (exact) mass is 448 g/mol. The smallest absolute Gasteiger partial charge is 0.254 e. The topological polar surface area (TPSA) is 67.9 Å². The van der Waals surface area contributed by atoms with Crippen molar-refractivity contribution >= 4 is 33.4 Å². The van der Waals surface area contributed by atoms with E-state index in [4.69, 9.17) is 9.47 Å². The molecule has 0 aliphatic carbocycles. The number of ether oxygens (including phenoxy) is 2. The summed E-state index contributed by atoms with van der Waals surface area (Å²) in [6, 6.07) is 10.6. The highest BCUT2D eigenvalue weighted by molar-refractivity contribution is 9.10. The maximum Gasteiger partial charge on any atom is 0.254 e. The zero-order valence-electron chi connectivity index (χ0n) is 16.7. The van der Waals surface area contributed by atoms with E-state index in [1.54, 1.807) is 25.2 Å². The fraction of sp³-hybridized carbons (Fsp3) is 0.333. The van der Waals surface area contributed by atoms with Crippen LogP contribution in [0.15, 0.2) is 40.9 Å². The average molecular weight is 449 g/mol. The van der Waals surface area contributed by atoms with Crippen molar-refractivity contribution in [3.8, 4) is 11.5 Å². The molecular formula is C21H25BrN2O4. The van der Waals surface area contributed by atoms with Crippen LogP contribution in [0, 0.1) is 6.92 Å². The van der Waals surface area contributed by atoms with Crippen molar-refractivity contribution in [2.45, 2.75) is 26.9 Å². The third-order valence-electron chi connectivity index (χ3n) is 3.96. The van der Waals surface area contributed by atoms with Crippen LogP contribution in [0.5, 0.6) is 11.5 Å². The molecule has 0 radical (unpaired) electrons. The van der Waals surface area contributed by atoms with Gasteiger partial charge in [0.2, 0.25) is 5.91 Å². The van der Waals surface area contributed by atoms with E-state index in [1.165, 1.54) is 12.0 Å². The summed E-state index contributed by atoms with van der Waals surface area (Å²) < 4.78 is 11.9. The Labute approximate surface area is 174 Å². The van der Waals surface area contributed by atoms with Crippen LogP contribution in [0.1, 0.15) is 29.8 Å². The normalized spacial score (nSPS) is 10.5. The van der Waals surface area contributed by atoms with Gasteiger partial charge in [-0.1, -0.05) is 15.9 Å². The number of aryl methyl sites for hydroxylation is 1. The van der Waals surface area contributed by atoms with Crippen molar-refractivity contribution in [1.29, 1.82) is 0 Å². The van der Waals surface area contributed by atoms with Crippen molar-refractivity contribution in [3.05, 3.63) is 52.0 Å². The van der Waals surface area contributed by atoms with E-state index in [1.807, 2.05) is 39.0 Å². The summed E-state index contributed by atoms with van der Waals surface area (Å²) in [6.07, 6.45) is -0.0103. The minimum atomic E-state index is -0.280. The third-order valence-corrected chi connectivity index (χ3v) is 4.46. The molecule has 150 valence electrons. The van der Waals surface area contributed by atoms with Gasteiger partial charge in [-0.05, 0) is 62.7 Å². The number of hydrogen-bond donors (Lipinski definition) is 1.